The van der Waals surface area contributed by atoms with E-state index in [0.717, 1.165) is 6.42 Å². The summed E-state index contributed by atoms with van der Waals surface area (Å²) in [5.41, 5.74) is 5.27. The Hall–Kier alpha value is -1.85. The van der Waals surface area contributed by atoms with Crippen LogP contribution in [0, 0.1) is 29.6 Å². The molecule has 2 fully saturated rings. The van der Waals surface area contributed by atoms with E-state index in [1.807, 2.05) is 12.2 Å². The Bertz CT molecular complexity index is 501. The fourth-order valence-electron chi connectivity index (χ4n) is 3.90. The van der Waals surface area contributed by atoms with Crippen molar-refractivity contribution in [3.05, 3.63) is 12.2 Å². The molecular weight excluding hydrogens is 260 g/mol. The summed E-state index contributed by atoms with van der Waals surface area (Å²) in [6.45, 7) is 0.828. The van der Waals surface area contributed by atoms with Crippen LogP contribution in [-0.4, -0.2) is 40.9 Å². The number of carboxylic acids is 1. The van der Waals surface area contributed by atoms with Gasteiger partial charge in [0, 0.05) is 13.1 Å². The number of nitrogens with two attached hydrogens (primary N) is 1. The third-order valence-electron chi connectivity index (χ3n) is 4.93. The van der Waals surface area contributed by atoms with E-state index < -0.39 is 17.8 Å². The number of rotatable bonds is 3. The number of carbonyl (C=O) groups is 3. The Morgan fingerprint density at radius 3 is 2.35 bits per heavy atom. The van der Waals surface area contributed by atoms with Crippen LogP contribution in [0.4, 0.5) is 0 Å². The lowest BCUT2D eigenvalue weighted by Gasteiger charge is -2.28. The number of carboxylic acid groups (broad SMARTS) is 1. The zero-order chi connectivity index (χ0) is 14.4. The van der Waals surface area contributed by atoms with Gasteiger partial charge in [0.15, 0.2) is 0 Å². The molecule has 1 aliphatic heterocycles. The topological polar surface area (TPSA) is 101 Å². The first-order valence-corrected chi connectivity index (χ1v) is 6.98. The first-order valence-electron chi connectivity index (χ1n) is 6.98. The van der Waals surface area contributed by atoms with E-state index in [9.17, 15) is 19.5 Å². The van der Waals surface area contributed by atoms with Crippen LogP contribution in [0.15, 0.2) is 12.2 Å². The number of hydrogen-bond donors (Lipinski definition) is 2. The van der Waals surface area contributed by atoms with E-state index >= 15 is 0 Å². The van der Waals surface area contributed by atoms with Gasteiger partial charge in [0.25, 0.3) is 0 Å². The van der Waals surface area contributed by atoms with E-state index in [1.54, 1.807) is 4.90 Å². The van der Waals surface area contributed by atoms with Crippen molar-refractivity contribution in [2.45, 2.75) is 12.8 Å². The maximum absolute atomic E-state index is 12.6. The molecule has 1 saturated heterocycles. The SMILES string of the molecule is NC(=O)C1CCN(C(=O)C2C3C=CC(C3)C2C(=O)O)C1. The van der Waals surface area contributed by atoms with Crippen molar-refractivity contribution in [3.63, 3.8) is 0 Å². The van der Waals surface area contributed by atoms with E-state index in [0.29, 0.717) is 19.5 Å². The van der Waals surface area contributed by atoms with Crippen LogP contribution in [0.2, 0.25) is 0 Å². The Morgan fingerprint density at radius 1 is 1.15 bits per heavy atom. The summed E-state index contributed by atoms with van der Waals surface area (Å²) in [4.78, 5) is 36.8. The number of nitrogens with zero attached hydrogens (tertiary/aromatic N) is 1. The summed E-state index contributed by atoms with van der Waals surface area (Å²) in [5.74, 6) is -2.80. The molecule has 108 valence electrons. The van der Waals surface area contributed by atoms with Gasteiger partial charge in [-0.15, -0.1) is 0 Å². The van der Waals surface area contributed by atoms with Crippen molar-refractivity contribution < 1.29 is 19.5 Å². The van der Waals surface area contributed by atoms with Gasteiger partial charge in [0.05, 0.1) is 17.8 Å². The Kier molecular flexibility index (Phi) is 3.03. The second kappa shape index (κ2) is 4.61. The molecule has 3 N–H and O–H groups in total. The maximum Gasteiger partial charge on any atom is 0.307 e. The van der Waals surface area contributed by atoms with Crippen molar-refractivity contribution in [2.75, 3.05) is 13.1 Å². The third-order valence-corrected chi connectivity index (χ3v) is 4.93. The molecule has 1 saturated carbocycles. The molecule has 5 unspecified atom stereocenters. The minimum atomic E-state index is -0.897. The van der Waals surface area contributed by atoms with Crippen LogP contribution in [-0.2, 0) is 14.4 Å². The largest absolute Gasteiger partial charge is 0.481 e. The normalized spacial score (nSPS) is 38.4. The predicted molar refractivity (Wildman–Crippen MR) is 69.2 cm³/mol. The van der Waals surface area contributed by atoms with Crippen molar-refractivity contribution in [2.24, 2.45) is 35.3 Å². The number of primary amides is 1. The molecule has 20 heavy (non-hydrogen) atoms. The minimum absolute atomic E-state index is 0.0269. The molecule has 2 bridgehead atoms. The van der Waals surface area contributed by atoms with Crippen LogP contribution in [0.1, 0.15) is 12.8 Å². The number of carbonyl (C=O) groups excluding carboxylic acids is 2. The summed E-state index contributed by atoms with van der Waals surface area (Å²) in [6.07, 6.45) is 5.22. The molecule has 0 aromatic rings. The van der Waals surface area contributed by atoms with Crippen molar-refractivity contribution in [3.8, 4) is 0 Å². The van der Waals surface area contributed by atoms with Crippen LogP contribution in [0.5, 0.6) is 0 Å². The highest BCUT2D eigenvalue weighted by molar-refractivity contribution is 5.88. The van der Waals surface area contributed by atoms with Gasteiger partial charge in [0.1, 0.15) is 0 Å². The van der Waals surface area contributed by atoms with E-state index in [1.165, 1.54) is 0 Å². The Labute approximate surface area is 116 Å². The Balaban J connectivity index is 1.76. The molecule has 6 nitrogen and oxygen atoms in total. The monoisotopic (exact) mass is 278 g/mol. The summed E-state index contributed by atoms with van der Waals surface area (Å²) in [7, 11) is 0. The van der Waals surface area contributed by atoms with Crippen molar-refractivity contribution >= 4 is 17.8 Å². The molecule has 3 aliphatic rings. The molecule has 6 heteroatoms. The number of allylic oxidation sites excluding steroid dienone is 2. The molecule has 2 aliphatic carbocycles. The number of fused-ring (bicyclic) bond motifs is 2. The fourth-order valence-corrected chi connectivity index (χ4v) is 3.90. The van der Waals surface area contributed by atoms with Gasteiger partial charge in [-0.25, -0.2) is 0 Å². The highest BCUT2D eigenvalue weighted by Crippen LogP contribution is 2.49. The Morgan fingerprint density at radius 2 is 1.80 bits per heavy atom. The summed E-state index contributed by atoms with van der Waals surface area (Å²) in [5, 5.41) is 9.36. The first kappa shape index (κ1) is 13.1. The lowest BCUT2D eigenvalue weighted by molar-refractivity contribution is -0.150. The van der Waals surface area contributed by atoms with Gasteiger partial charge < -0.3 is 15.7 Å². The summed E-state index contributed by atoms with van der Waals surface area (Å²) < 4.78 is 0. The minimum Gasteiger partial charge on any atom is -0.481 e. The van der Waals surface area contributed by atoms with E-state index in [2.05, 4.69) is 0 Å². The summed E-state index contributed by atoms with van der Waals surface area (Å²) in [6, 6.07) is 0. The molecule has 0 aromatic heterocycles. The van der Waals surface area contributed by atoms with Crippen LogP contribution in [0.25, 0.3) is 0 Å². The van der Waals surface area contributed by atoms with Gasteiger partial charge >= 0.3 is 5.97 Å². The predicted octanol–water partition coefficient (Wildman–Crippen LogP) is -0.157. The van der Waals surface area contributed by atoms with E-state index in [-0.39, 0.29) is 29.6 Å². The quantitative estimate of drug-likeness (QED) is 0.701. The second-order valence-corrected chi connectivity index (χ2v) is 6.01. The van der Waals surface area contributed by atoms with Gasteiger partial charge in [0.2, 0.25) is 11.8 Å². The van der Waals surface area contributed by atoms with Gasteiger partial charge in [-0.05, 0) is 24.7 Å². The van der Waals surface area contributed by atoms with Crippen molar-refractivity contribution in [1.29, 1.82) is 0 Å². The molecule has 3 rings (SSSR count). The molecule has 0 spiro atoms. The summed E-state index contributed by atoms with van der Waals surface area (Å²) >= 11 is 0. The first-order chi connectivity index (χ1) is 9.49. The van der Waals surface area contributed by atoms with Crippen LogP contribution in [0.3, 0.4) is 0 Å². The average Bonchev–Trinajstić information content (AvgIpc) is 3.11. The highest BCUT2D eigenvalue weighted by atomic mass is 16.4. The second-order valence-electron chi connectivity index (χ2n) is 6.01. The molecule has 1 heterocycles. The molecule has 0 aromatic carbocycles. The zero-order valence-corrected chi connectivity index (χ0v) is 11.1. The molecular formula is C14H18N2O4. The maximum atomic E-state index is 12.6. The highest BCUT2D eigenvalue weighted by Gasteiger charge is 2.53. The van der Waals surface area contributed by atoms with Crippen LogP contribution >= 0.6 is 0 Å². The smallest absolute Gasteiger partial charge is 0.307 e. The standard InChI is InChI=1S/C14H18N2O4/c15-12(17)9-3-4-16(6-9)13(18)10-7-1-2-8(5-7)11(10)14(19)20/h1-2,7-11H,3-6H2,(H2,15,17)(H,19,20). The number of hydrogen-bond acceptors (Lipinski definition) is 3. The van der Waals surface area contributed by atoms with Crippen LogP contribution < -0.4 is 5.73 Å². The molecule has 0 radical (unpaired) electrons. The molecule has 5 atom stereocenters. The zero-order valence-electron chi connectivity index (χ0n) is 11.1. The third kappa shape index (κ3) is 1.90. The number of amides is 2. The number of likely N-dealkylation sites (tertiary alicyclic amines) is 1. The van der Waals surface area contributed by atoms with Crippen molar-refractivity contribution in [1.82, 2.24) is 4.90 Å². The lowest BCUT2D eigenvalue weighted by atomic mass is 9.82. The average molecular weight is 278 g/mol. The van der Waals surface area contributed by atoms with Gasteiger partial charge in [-0.2, -0.15) is 0 Å². The lowest BCUT2D eigenvalue weighted by Crippen LogP contribution is -2.42. The van der Waals surface area contributed by atoms with Gasteiger partial charge in [-0.3, -0.25) is 14.4 Å². The molecule has 2 amide bonds. The van der Waals surface area contributed by atoms with E-state index in [4.69, 9.17) is 5.73 Å². The fraction of sp³-hybridized carbons (Fsp3) is 0.643. The number of aliphatic carboxylic acids is 1. The van der Waals surface area contributed by atoms with Gasteiger partial charge in [-0.1, -0.05) is 12.2 Å².